The molecule has 4 aliphatic heterocycles. The van der Waals surface area contributed by atoms with Gasteiger partial charge in [-0.3, -0.25) is 9.59 Å². The predicted molar refractivity (Wildman–Crippen MR) is 184 cm³/mol. The number of fused-ring (bicyclic) bond motifs is 2. The molecule has 4 aliphatic rings. The molecular weight excluding hydrogens is 564 g/mol. The Bertz CT molecular complexity index is 1990. The molecule has 0 saturated carbocycles. The lowest BCUT2D eigenvalue weighted by Crippen LogP contribution is -2.16. The molecule has 218 valence electrons. The van der Waals surface area contributed by atoms with Gasteiger partial charge in [0.2, 0.25) is 11.6 Å². The van der Waals surface area contributed by atoms with Crippen molar-refractivity contribution in [2.75, 3.05) is 0 Å². The first kappa shape index (κ1) is 27.3. The molecule has 0 aliphatic carbocycles. The first-order chi connectivity index (χ1) is 22.7. The van der Waals surface area contributed by atoms with Crippen LogP contribution in [0, 0.1) is 0 Å². The lowest BCUT2D eigenvalue weighted by Gasteiger charge is -2.23. The van der Waals surface area contributed by atoms with Gasteiger partial charge in [-0.1, -0.05) is 133 Å². The Balaban J connectivity index is 1.13. The third-order valence-corrected chi connectivity index (χ3v) is 8.52. The summed E-state index contributed by atoms with van der Waals surface area (Å²) in [6.45, 7) is 0. The van der Waals surface area contributed by atoms with E-state index in [1.54, 1.807) is 0 Å². The van der Waals surface area contributed by atoms with Crippen molar-refractivity contribution >= 4 is 34.1 Å². The molecule has 46 heavy (non-hydrogen) atoms. The molecule has 0 saturated heterocycles. The summed E-state index contributed by atoms with van der Waals surface area (Å²) in [5.74, 6) is -0.0134. The van der Waals surface area contributed by atoms with Crippen molar-refractivity contribution in [2.45, 2.75) is 0 Å². The Kier molecular flexibility index (Phi) is 6.73. The fraction of sp³-hybridized carbons (Fsp3) is 0. The van der Waals surface area contributed by atoms with Crippen molar-refractivity contribution < 1.29 is 9.59 Å². The molecule has 4 heterocycles. The van der Waals surface area contributed by atoms with Gasteiger partial charge in [-0.2, -0.15) is 0 Å². The van der Waals surface area contributed by atoms with Crippen LogP contribution in [-0.4, -0.2) is 21.4 Å². The normalized spacial score (nSPS) is 18.9. The highest BCUT2D eigenvalue weighted by atomic mass is 16.1. The van der Waals surface area contributed by atoms with Gasteiger partial charge >= 0.3 is 0 Å². The molecule has 0 aromatic heterocycles. The zero-order valence-corrected chi connectivity index (χ0v) is 24.9. The minimum atomic E-state index is -0.00668. The molecule has 4 aromatic carbocycles. The highest BCUT2D eigenvalue weighted by molar-refractivity contribution is 6.39. The number of hydrogen-bond donors (Lipinski definition) is 0. The van der Waals surface area contributed by atoms with Gasteiger partial charge in [0.15, 0.2) is 0 Å². The maximum absolute atomic E-state index is 13.9. The van der Waals surface area contributed by atoms with Gasteiger partial charge in [0.1, 0.15) is 0 Å². The van der Waals surface area contributed by atoms with E-state index in [1.165, 1.54) is 0 Å². The first-order valence-electron chi connectivity index (χ1n) is 15.3. The number of carbonyl (C=O) groups excluding carboxylic acids is 2. The number of ketones is 2. The van der Waals surface area contributed by atoms with Gasteiger partial charge in [-0.25, -0.2) is 0 Å². The summed E-state index contributed by atoms with van der Waals surface area (Å²) in [6, 6.07) is 39.8. The predicted octanol–water partition coefficient (Wildman–Crippen LogP) is 8.57. The SMILES string of the molecule is O=C1C2=CC(=CC=C3C=CN4C(=C3)C(=O)C(c3ccccc3)=C4c3ccccc3)C=CN2C(c2ccccc2)=C1c1ccccc1. The molecule has 8 rings (SSSR count). The summed E-state index contributed by atoms with van der Waals surface area (Å²) in [6.07, 6.45) is 15.8. The lowest BCUT2D eigenvalue weighted by molar-refractivity contribution is -0.111. The van der Waals surface area contributed by atoms with Gasteiger partial charge in [-0.05, 0) is 57.7 Å². The van der Waals surface area contributed by atoms with E-state index in [9.17, 15) is 9.59 Å². The van der Waals surface area contributed by atoms with E-state index in [1.807, 2.05) is 180 Å². The van der Waals surface area contributed by atoms with Crippen LogP contribution in [-0.2, 0) is 9.59 Å². The second kappa shape index (κ2) is 11.3. The third kappa shape index (κ3) is 4.64. The maximum atomic E-state index is 13.9. The molecule has 4 aromatic rings. The van der Waals surface area contributed by atoms with Gasteiger partial charge in [0.05, 0.1) is 33.9 Å². The Morgan fingerprint density at radius 3 is 1.09 bits per heavy atom. The molecule has 0 unspecified atom stereocenters. The highest BCUT2D eigenvalue weighted by Crippen LogP contribution is 2.44. The van der Waals surface area contributed by atoms with Crippen molar-refractivity contribution in [2.24, 2.45) is 0 Å². The van der Waals surface area contributed by atoms with E-state index in [2.05, 4.69) is 0 Å². The van der Waals surface area contributed by atoms with Crippen LogP contribution >= 0.6 is 0 Å². The van der Waals surface area contributed by atoms with Crippen LogP contribution in [0.2, 0.25) is 0 Å². The molecule has 0 spiro atoms. The number of hydrogen-bond acceptors (Lipinski definition) is 4. The van der Waals surface area contributed by atoms with Crippen molar-refractivity contribution in [3.8, 4) is 0 Å². The van der Waals surface area contributed by atoms with E-state index in [-0.39, 0.29) is 11.6 Å². The monoisotopic (exact) mass is 592 g/mol. The summed E-state index contributed by atoms with van der Waals surface area (Å²) in [5.41, 5.74) is 9.93. The number of nitrogens with zero attached hydrogens (tertiary/aromatic N) is 2. The quantitative estimate of drug-likeness (QED) is 0.233. The summed E-state index contributed by atoms with van der Waals surface area (Å²) in [7, 11) is 0. The fourth-order valence-corrected chi connectivity index (χ4v) is 6.39. The van der Waals surface area contributed by atoms with Crippen molar-refractivity contribution in [3.05, 3.63) is 215 Å². The Morgan fingerprint density at radius 1 is 0.413 bits per heavy atom. The maximum Gasteiger partial charge on any atom is 0.212 e. The Hall–Kier alpha value is -6.26. The minimum Gasteiger partial charge on any atom is -0.312 e. The van der Waals surface area contributed by atoms with E-state index in [0.29, 0.717) is 22.5 Å². The third-order valence-electron chi connectivity index (χ3n) is 8.52. The minimum absolute atomic E-state index is 0.00668. The van der Waals surface area contributed by atoms with Gasteiger partial charge in [-0.15, -0.1) is 0 Å². The topological polar surface area (TPSA) is 40.6 Å². The van der Waals surface area contributed by atoms with Crippen LogP contribution in [0.1, 0.15) is 22.3 Å². The van der Waals surface area contributed by atoms with E-state index in [4.69, 9.17) is 0 Å². The standard InChI is InChI=1S/C42H28N2O2/c45-41-35-27-29(23-25-43(35)39(33-17-9-3-10-18-33)37(41)31-13-5-1-6-14-31)21-22-30-24-26-44-36(28-30)42(46)38(32-15-7-2-8-16-32)40(44)34-19-11-4-12-20-34/h1-28H. The van der Waals surface area contributed by atoms with Gasteiger partial charge < -0.3 is 9.80 Å². The number of allylic oxidation sites excluding steroid dienone is 10. The van der Waals surface area contributed by atoms with Crippen LogP contribution in [0.3, 0.4) is 0 Å². The van der Waals surface area contributed by atoms with E-state index in [0.717, 1.165) is 44.8 Å². The largest absolute Gasteiger partial charge is 0.312 e. The average Bonchev–Trinajstić information content (AvgIpc) is 3.58. The summed E-state index contributed by atoms with van der Waals surface area (Å²) < 4.78 is 0. The second-order valence-electron chi connectivity index (χ2n) is 11.3. The molecule has 0 fully saturated rings. The summed E-state index contributed by atoms with van der Waals surface area (Å²) in [5, 5.41) is 0. The van der Waals surface area contributed by atoms with Crippen molar-refractivity contribution in [3.63, 3.8) is 0 Å². The molecule has 4 nitrogen and oxygen atoms in total. The highest BCUT2D eigenvalue weighted by Gasteiger charge is 2.38. The van der Waals surface area contributed by atoms with Crippen molar-refractivity contribution in [1.29, 1.82) is 0 Å². The molecule has 0 atom stereocenters. The summed E-state index contributed by atoms with van der Waals surface area (Å²) >= 11 is 0. The molecule has 0 N–H and O–H groups in total. The molecule has 0 bridgehead atoms. The number of rotatable bonds is 5. The molecule has 0 amide bonds. The van der Waals surface area contributed by atoms with Gasteiger partial charge in [0, 0.05) is 12.4 Å². The van der Waals surface area contributed by atoms with Crippen LogP contribution < -0.4 is 0 Å². The van der Waals surface area contributed by atoms with Crippen LogP contribution in [0.5, 0.6) is 0 Å². The molecule has 4 heteroatoms. The zero-order chi connectivity index (χ0) is 31.0. The smallest absolute Gasteiger partial charge is 0.212 e. The number of benzene rings is 4. The average molecular weight is 593 g/mol. The van der Waals surface area contributed by atoms with E-state index >= 15 is 0 Å². The number of carbonyl (C=O) groups is 2. The summed E-state index contributed by atoms with van der Waals surface area (Å²) in [4.78, 5) is 31.8. The number of Topliss-reactive ketones (excluding diaryl/α,β-unsaturated/α-hetero) is 2. The van der Waals surface area contributed by atoms with E-state index < -0.39 is 0 Å². The zero-order valence-electron chi connectivity index (χ0n) is 24.9. The van der Waals surface area contributed by atoms with Crippen molar-refractivity contribution in [1.82, 2.24) is 9.80 Å². The Labute approximate surface area is 267 Å². The lowest BCUT2D eigenvalue weighted by atomic mass is 9.98. The van der Waals surface area contributed by atoms with Crippen LogP contribution in [0.15, 0.2) is 193 Å². The Morgan fingerprint density at radius 2 is 0.739 bits per heavy atom. The van der Waals surface area contributed by atoms with Crippen LogP contribution in [0.25, 0.3) is 22.5 Å². The molecule has 0 radical (unpaired) electrons. The van der Waals surface area contributed by atoms with Gasteiger partial charge in [0.25, 0.3) is 0 Å². The molecular formula is C42H28N2O2. The fourth-order valence-electron chi connectivity index (χ4n) is 6.39. The first-order valence-corrected chi connectivity index (χ1v) is 15.3. The van der Waals surface area contributed by atoms with Crippen LogP contribution in [0.4, 0.5) is 0 Å². The second-order valence-corrected chi connectivity index (χ2v) is 11.3.